The molecule has 0 radical (unpaired) electrons. The maximum atomic E-state index is 6.30. The Morgan fingerprint density at radius 2 is 2.21 bits per heavy atom. The van der Waals surface area contributed by atoms with E-state index in [0.29, 0.717) is 0 Å². The zero-order valence-corrected chi connectivity index (χ0v) is 12.5. The van der Waals surface area contributed by atoms with Gasteiger partial charge in [-0.15, -0.1) is 0 Å². The minimum atomic E-state index is 0.0127. The average molecular weight is 283 g/mol. The van der Waals surface area contributed by atoms with E-state index in [-0.39, 0.29) is 6.04 Å². The quantitative estimate of drug-likeness (QED) is 0.781. The molecule has 1 unspecified atom stereocenters. The summed E-state index contributed by atoms with van der Waals surface area (Å²) < 4.78 is 5.65. The van der Waals surface area contributed by atoms with Crippen LogP contribution in [0, 0.1) is 5.92 Å². The third-order valence-corrected chi connectivity index (χ3v) is 3.83. The van der Waals surface area contributed by atoms with Crippen molar-refractivity contribution in [3.05, 3.63) is 28.8 Å². The molecule has 1 aromatic rings. The van der Waals surface area contributed by atoms with Gasteiger partial charge in [-0.25, -0.2) is 0 Å². The number of likely N-dealkylation sites (N-methyl/N-ethyl adjacent to an activating group) is 1. The Morgan fingerprint density at radius 1 is 1.47 bits per heavy atom. The molecule has 0 spiro atoms. The molecule has 0 saturated heterocycles. The zero-order valence-electron chi connectivity index (χ0n) is 11.7. The molecule has 0 heterocycles. The first-order valence-corrected chi connectivity index (χ1v) is 7.29. The van der Waals surface area contributed by atoms with Gasteiger partial charge in [0, 0.05) is 26.2 Å². The molecular weight excluding hydrogens is 260 g/mol. The van der Waals surface area contributed by atoms with Crippen molar-refractivity contribution in [1.29, 1.82) is 0 Å². The van der Waals surface area contributed by atoms with Crippen molar-refractivity contribution in [3.8, 4) is 0 Å². The average Bonchev–Trinajstić information content (AvgIpc) is 3.18. The second-order valence-electron chi connectivity index (χ2n) is 5.44. The molecule has 0 aromatic heterocycles. The summed E-state index contributed by atoms with van der Waals surface area (Å²) in [6.45, 7) is 4.47. The highest BCUT2D eigenvalue weighted by Crippen LogP contribution is 2.29. The van der Waals surface area contributed by atoms with Crippen LogP contribution in [0.15, 0.2) is 18.2 Å². The highest BCUT2D eigenvalue weighted by molar-refractivity contribution is 6.33. The van der Waals surface area contributed by atoms with Crippen LogP contribution in [0.2, 0.25) is 5.02 Å². The van der Waals surface area contributed by atoms with E-state index < -0.39 is 0 Å². The van der Waals surface area contributed by atoms with Crippen LogP contribution in [-0.2, 0) is 4.74 Å². The lowest BCUT2D eigenvalue weighted by Crippen LogP contribution is -2.23. The van der Waals surface area contributed by atoms with Crippen LogP contribution in [0.25, 0.3) is 0 Å². The first-order valence-electron chi connectivity index (χ1n) is 6.92. The van der Waals surface area contributed by atoms with Crippen LogP contribution in [-0.4, -0.2) is 26.8 Å². The Labute approximate surface area is 120 Å². The molecule has 106 valence electrons. The topological polar surface area (TPSA) is 38.5 Å². The molecule has 1 aromatic carbocycles. The third-order valence-electron chi connectivity index (χ3n) is 3.53. The first-order chi connectivity index (χ1) is 9.08. The minimum absolute atomic E-state index is 0.0127. The van der Waals surface area contributed by atoms with Gasteiger partial charge in [-0.05, 0) is 43.4 Å². The molecule has 0 aliphatic heterocycles. The van der Waals surface area contributed by atoms with E-state index in [1.165, 1.54) is 12.8 Å². The third kappa shape index (κ3) is 4.37. The van der Waals surface area contributed by atoms with Gasteiger partial charge < -0.3 is 15.4 Å². The summed E-state index contributed by atoms with van der Waals surface area (Å²) >= 11 is 6.30. The number of anilines is 1. The van der Waals surface area contributed by atoms with Gasteiger partial charge in [0.05, 0.1) is 17.3 Å². The number of hydrogen-bond acceptors (Lipinski definition) is 3. The van der Waals surface area contributed by atoms with E-state index in [4.69, 9.17) is 22.1 Å². The summed E-state index contributed by atoms with van der Waals surface area (Å²) in [6, 6.07) is 6.03. The number of benzene rings is 1. The lowest BCUT2D eigenvalue weighted by Gasteiger charge is -2.21. The SMILES string of the molecule is CC(N)c1ccc(N(C)CCOCC2CC2)c(Cl)c1. The van der Waals surface area contributed by atoms with Gasteiger partial charge in [0.25, 0.3) is 0 Å². The lowest BCUT2D eigenvalue weighted by atomic mass is 10.1. The van der Waals surface area contributed by atoms with Crippen molar-refractivity contribution in [1.82, 2.24) is 0 Å². The smallest absolute Gasteiger partial charge is 0.0642 e. The number of nitrogens with zero attached hydrogens (tertiary/aromatic N) is 1. The van der Waals surface area contributed by atoms with Crippen LogP contribution in [0.5, 0.6) is 0 Å². The van der Waals surface area contributed by atoms with Crippen LogP contribution in [0.3, 0.4) is 0 Å². The van der Waals surface area contributed by atoms with Crippen LogP contribution in [0.4, 0.5) is 5.69 Å². The van der Waals surface area contributed by atoms with Gasteiger partial charge in [-0.1, -0.05) is 17.7 Å². The Morgan fingerprint density at radius 3 is 2.79 bits per heavy atom. The van der Waals surface area contributed by atoms with Gasteiger partial charge in [0.2, 0.25) is 0 Å². The predicted octanol–water partition coefficient (Wildman–Crippen LogP) is 3.22. The predicted molar refractivity (Wildman–Crippen MR) is 80.9 cm³/mol. The van der Waals surface area contributed by atoms with Gasteiger partial charge in [-0.2, -0.15) is 0 Å². The van der Waals surface area contributed by atoms with Crippen LogP contribution >= 0.6 is 11.6 Å². The van der Waals surface area contributed by atoms with Crippen LogP contribution in [0.1, 0.15) is 31.4 Å². The Kier molecular flexibility index (Phi) is 5.08. The fraction of sp³-hybridized carbons (Fsp3) is 0.600. The number of rotatable bonds is 7. The van der Waals surface area contributed by atoms with Gasteiger partial charge in [0.15, 0.2) is 0 Å². The molecule has 4 heteroatoms. The Hall–Kier alpha value is -0.770. The summed E-state index contributed by atoms with van der Waals surface area (Å²) in [7, 11) is 2.03. The Balaban J connectivity index is 1.84. The van der Waals surface area contributed by atoms with Gasteiger partial charge in [-0.3, -0.25) is 0 Å². The van der Waals surface area contributed by atoms with Crippen molar-refractivity contribution >= 4 is 17.3 Å². The van der Waals surface area contributed by atoms with E-state index in [0.717, 1.165) is 41.9 Å². The largest absolute Gasteiger partial charge is 0.379 e. The number of nitrogens with two attached hydrogens (primary N) is 1. The first kappa shape index (κ1) is 14.6. The van der Waals surface area contributed by atoms with Crippen molar-refractivity contribution in [2.24, 2.45) is 11.7 Å². The number of halogens is 1. The maximum Gasteiger partial charge on any atom is 0.0642 e. The number of hydrogen-bond donors (Lipinski definition) is 1. The standard InChI is InChI=1S/C15H23ClN2O/c1-11(17)13-5-6-15(14(16)9-13)18(2)7-8-19-10-12-3-4-12/h5-6,9,11-12H,3-4,7-8,10,17H2,1-2H3. The molecule has 1 aliphatic carbocycles. The second kappa shape index (κ2) is 6.60. The van der Waals surface area contributed by atoms with Crippen molar-refractivity contribution in [2.75, 3.05) is 31.7 Å². The second-order valence-corrected chi connectivity index (χ2v) is 5.85. The normalized spacial score (nSPS) is 16.4. The molecule has 3 nitrogen and oxygen atoms in total. The van der Waals surface area contributed by atoms with Crippen LogP contribution < -0.4 is 10.6 Å². The van der Waals surface area contributed by atoms with E-state index in [2.05, 4.69) is 4.90 Å². The van der Waals surface area contributed by atoms with E-state index >= 15 is 0 Å². The molecule has 1 fully saturated rings. The molecule has 0 bridgehead atoms. The fourth-order valence-corrected chi connectivity index (χ4v) is 2.31. The monoisotopic (exact) mass is 282 g/mol. The van der Waals surface area contributed by atoms with Crippen molar-refractivity contribution < 1.29 is 4.74 Å². The highest BCUT2D eigenvalue weighted by atomic mass is 35.5. The summed E-state index contributed by atoms with van der Waals surface area (Å²) in [5.74, 6) is 0.819. The van der Waals surface area contributed by atoms with E-state index in [1.54, 1.807) is 0 Å². The molecular formula is C15H23ClN2O. The lowest BCUT2D eigenvalue weighted by molar-refractivity contribution is 0.131. The Bertz CT molecular complexity index is 419. The van der Waals surface area contributed by atoms with Crippen molar-refractivity contribution in [3.63, 3.8) is 0 Å². The molecule has 19 heavy (non-hydrogen) atoms. The summed E-state index contributed by atoms with van der Waals surface area (Å²) in [5.41, 5.74) is 7.94. The van der Waals surface area contributed by atoms with E-state index in [9.17, 15) is 0 Å². The molecule has 2 rings (SSSR count). The van der Waals surface area contributed by atoms with Gasteiger partial charge >= 0.3 is 0 Å². The zero-order chi connectivity index (χ0) is 13.8. The summed E-state index contributed by atoms with van der Waals surface area (Å²) in [5, 5.41) is 0.750. The molecule has 0 amide bonds. The van der Waals surface area contributed by atoms with E-state index in [1.807, 2.05) is 32.2 Å². The molecule has 1 saturated carbocycles. The van der Waals surface area contributed by atoms with Gasteiger partial charge in [0.1, 0.15) is 0 Å². The minimum Gasteiger partial charge on any atom is -0.379 e. The highest BCUT2D eigenvalue weighted by Gasteiger charge is 2.21. The fourth-order valence-electron chi connectivity index (χ4n) is 1.97. The molecule has 1 aliphatic rings. The molecule has 2 N–H and O–H groups in total. The summed E-state index contributed by atoms with van der Waals surface area (Å²) in [6.07, 6.45) is 2.67. The van der Waals surface area contributed by atoms with Crippen molar-refractivity contribution in [2.45, 2.75) is 25.8 Å². The number of ether oxygens (including phenoxy) is 1. The molecule has 1 atom stereocenters. The maximum absolute atomic E-state index is 6.30. The summed E-state index contributed by atoms with van der Waals surface area (Å²) in [4.78, 5) is 2.13.